The molecule has 1 aliphatic heterocycles. The van der Waals surface area contributed by atoms with E-state index >= 15 is 0 Å². The standard InChI is InChI=1S/C18H15NO4/c1-22-16-14-15(23-17(16)18(20)21)12-9-5-6-10-13(12)19(14)11-7-3-2-4-8-11/h2-9,13H,10H2,1H3,(H,20,21). The number of nitrogens with zero attached hydrogens (tertiary/aromatic N) is 1. The first-order valence-electron chi connectivity index (χ1n) is 7.37. The molecular formula is C18H15NO4. The number of rotatable bonds is 3. The van der Waals surface area contributed by atoms with Crippen LogP contribution in [0.1, 0.15) is 22.7 Å². The molecule has 1 unspecified atom stereocenters. The number of para-hydroxylation sites is 1. The average Bonchev–Trinajstić information content (AvgIpc) is 3.10. The predicted molar refractivity (Wildman–Crippen MR) is 86.3 cm³/mol. The van der Waals surface area contributed by atoms with Gasteiger partial charge in [0.2, 0.25) is 0 Å². The summed E-state index contributed by atoms with van der Waals surface area (Å²) >= 11 is 0. The zero-order valence-electron chi connectivity index (χ0n) is 12.5. The monoisotopic (exact) mass is 309 g/mol. The summed E-state index contributed by atoms with van der Waals surface area (Å²) in [5.41, 5.74) is 2.65. The first-order chi connectivity index (χ1) is 11.2. The molecule has 1 aromatic carbocycles. The number of fused-ring (bicyclic) bond motifs is 3. The highest BCUT2D eigenvalue weighted by atomic mass is 16.5. The highest BCUT2D eigenvalue weighted by Crippen LogP contribution is 2.54. The maximum atomic E-state index is 11.5. The number of carbonyl (C=O) groups is 1. The fraction of sp³-hybridized carbons (Fsp3) is 0.167. The second-order valence-electron chi connectivity index (χ2n) is 5.45. The van der Waals surface area contributed by atoms with E-state index in [0.29, 0.717) is 11.4 Å². The van der Waals surface area contributed by atoms with Crippen LogP contribution in [0.25, 0.3) is 5.57 Å². The van der Waals surface area contributed by atoms with Crippen molar-refractivity contribution in [3.63, 3.8) is 0 Å². The van der Waals surface area contributed by atoms with Crippen LogP contribution < -0.4 is 9.64 Å². The zero-order chi connectivity index (χ0) is 16.0. The summed E-state index contributed by atoms with van der Waals surface area (Å²) in [6.45, 7) is 0. The summed E-state index contributed by atoms with van der Waals surface area (Å²) in [5.74, 6) is -0.441. The van der Waals surface area contributed by atoms with Crippen molar-refractivity contribution in [1.82, 2.24) is 0 Å². The minimum Gasteiger partial charge on any atom is -0.491 e. The van der Waals surface area contributed by atoms with Crippen molar-refractivity contribution in [2.75, 3.05) is 12.0 Å². The van der Waals surface area contributed by atoms with E-state index in [1.54, 1.807) is 0 Å². The fourth-order valence-corrected chi connectivity index (χ4v) is 3.29. The molecule has 2 aromatic rings. The first kappa shape index (κ1) is 13.7. The van der Waals surface area contributed by atoms with E-state index in [1.165, 1.54) is 7.11 Å². The van der Waals surface area contributed by atoms with Crippen molar-refractivity contribution in [3.05, 3.63) is 60.1 Å². The Kier molecular flexibility index (Phi) is 3.01. The van der Waals surface area contributed by atoms with E-state index in [9.17, 15) is 9.90 Å². The minimum atomic E-state index is -1.13. The molecule has 1 N–H and O–H groups in total. The smallest absolute Gasteiger partial charge is 0.375 e. The van der Waals surface area contributed by atoms with Gasteiger partial charge in [0, 0.05) is 11.3 Å². The van der Waals surface area contributed by atoms with Gasteiger partial charge in [0.1, 0.15) is 5.69 Å². The molecule has 0 saturated heterocycles. The summed E-state index contributed by atoms with van der Waals surface area (Å²) < 4.78 is 11.0. The molecule has 4 rings (SSSR count). The zero-order valence-corrected chi connectivity index (χ0v) is 12.5. The number of ether oxygens (including phenoxy) is 1. The maximum Gasteiger partial charge on any atom is 0.375 e. The molecule has 0 radical (unpaired) electrons. The van der Waals surface area contributed by atoms with Crippen molar-refractivity contribution in [3.8, 4) is 5.75 Å². The van der Waals surface area contributed by atoms with Gasteiger partial charge >= 0.3 is 5.97 Å². The number of carboxylic acids is 1. The van der Waals surface area contributed by atoms with Crippen molar-refractivity contribution in [2.45, 2.75) is 12.5 Å². The van der Waals surface area contributed by atoms with Crippen molar-refractivity contribution >= 4 is 22.9 Å². The van der Waals surface area contributed by atoms with Crippen LogP contribution in [0.15, 0.2) is 53.0 Å². The Hall–Kier alpha value is -2.95. The lowest BCUT2D eigenvalue weighted by Crippen LogP contribution is -2.27. The number of hydrogen-bond donors (Lipinski definition) is 1. The highest BCUT2D eigenvalue weighted by Gasteiger charge is 2.43. The van der Waals surface area contributed by atoms with Crippen LogP contribution in [0, 0.1) is 0 Å². The summed E-state index contributed by atoms with van der Waals surface area (Å²) in [5, 5.41) is 9.38. The SMILES string of the molecule is COc1c(C(=O)O)oc2c1N(c1ccccc1)C1CC=CC=C21. The molecule has 116 valence electrons. The van der Waals surface area contributed by atoms with Crippen LogP contribution >= 0.6 is 0 Å². The molecule has 23 heavy (non-hydrogen) atoms. The van der Waals surface area contributed by atoms with Crippen LogP contribution in [-0.2, 0) is 0 Å². The van der Waals surface area contributed by atoms with Crippen LogP contribution in [-0.4, -0.2) is 24.2 Å². The largest absolute Gasteiger partial charge is 0.491 e. The normalized spacial score (nSPS) is 18.4. The summed E-state index contributed by atoms with van der Waals surface area (Å²) in [6, 6.07) is 9.95. The fourth-order valence-electron chi connectivity index (χ4n) is 3.29. The van der Waals surface area contributed by atoms with E-state index in [4.69, 9.17) is 9.15 Å². The van der Waals surface area contributed by atoms with Gasteiger partial charge in [-0.25, -0.2) is 4.79 Å². The van der Waals surface area contributed by atoms with E-state index < -0.39 is 5.97 Å². The molecule has 1 aliphatic carbocycles. The van der Waals surface area contributed by atoms with Crippen molar-refractivity contribution in [1.29, 1.82) is 0 Å². The van der Waals surface area contributed by atoms with Crippen LogP contribution in [0.3, 0.4) is 0 Å². The van der Waals surface area contributed by atoms with E-state index in [0.717, 1.165) is 17.7 Å². The maximum absolute atomic E-state index is 11.5. The number of carboxylic acid groups (broad SMARTS) is 1. The molecule has 1 atom stereocenters. The molecule has 0 spiro atoms. The number of furan rings is 1. The second kappa shape index (κ2) is 5.05. The predicted octanol–water partition coefficient (Wildman–Crippen LogP) is 3.85. The van der Waals surface area contributed by atoms with Gasteiger partial charge in [-0.15, -0.1) is 0 Å². The van der Waals surface area contributed by atoms with Gasteiger partial charge < -0.3 is 19.2 Å². The van der Waals surface area contributed by atoms with Gasteiger partial charge in [0.05, 0.1) is 13.2 Å². The molecule has 1 aromatic heterocycles. The van der Waals surface area contributed by atoms with Crippen LogP contribution in [0.5, 0.6) is 5.75 Å². The Morgan fingerprint density at radius 2 is 2.13 bits per heavy atom. The van der Waals surface area contributed by atoms with Crippen LogP contribution in [0.2, 0.25) is 0 Å². The van der Waals surface area contributed by atoms with Crippen LogP contribution in [0.4, 0.5) is 11.4 Å². The molecule has 2 aliphatic rings. The number of benzene rings is 1. The lowest BCUT2D eigenvalue weighted by atomic mass is 9.99. The summed E-state index contributed by atoms with van der Waals surface area (Å²) in [6.07, 6.45) is 6.88. The van der Waals surface area contributed by atoms with E-state index in [-0.39, 0.29) is 17.6 Å². The summed E-state index contributed by atoms with van der Waals surface area (Å²) in [7, 11) is 1.47. The molecule has 0 saturated carbocycles. The Labute approximate surface area is 133 Å². The highest BCUT2D eigenvalue weighted by molar-refractivity contribution is 6.00. The van der Waals surface area contributed by atoms with Gasteiger partial charge in [-0.2, -0.15) is 0 Å². The van der Waals surface area contributed by atoms with Crippen molar-refractivity contribution in [2.24, 2.45) is 0 Å². The first-order valence-corrected chi connectivity index (χ1v) is 7.37. The lowest BCUT2D eigenvalue weighted by molar-refractivity contribution is 0.0657. The third-order valence-corrected chi connectivity index (χ3v) is 4.22. The van der Waals surface area contributed by atoms with E-state index in [1.807, 2.05) is 42.5 Å². The third-order valence-electron chi connectivity index (χ3n) is 4.22. The average molecular weight is 309 g/mol. The number of allylic oxidation sites excluding steroid dienone is 2. The number of aromatic carboxylic acids is 1. The molecule has 5 nitrogen and oxygen atoms in total. The van der Waals surface area contributed by atoms with Gasteiger partial charge in [0.25, 0.3) is 5.76 Å². The quantitative estimate of drug-likeness (QED) is 0.933. The van der Waals surface area contributed by atoms with E-state index in [2.05, 4.69) is 11.0 Å². The molecule has 0 fully saturated rings. The second-order valence-corrected chi connectivity index (χ2v) is 5.45. The Balaban J connectivity index is 1.98. The van der Waals surface area contributed by atoms with Gasteiger partial charge in [0.15, 0.2) is 11.5 Å². The van der Waals surface area contributed by atoms with Crippen molar-refractivity contribution < 1.29 is 19.1 Å². The Morgan fingerprint density at radius 3 is 2.83 bits per heavy atom. The molecule has 5 heteroatoms. The molecule has 0 bridgehead atoms. The Morgan fingerprint density at radius 1 is 1.35 bits per heavy atom. The number of anilines is 2. The lowest BCUT2D eigenvalue weighted by Gasteiger charge is -2.28. The third kappa shape index (κ3) is 1.90. The Bertz CT molecular complexity index is 832. The number of methoxy groups -OCH3 is 1. The number of hydrogen-bond acceptors (Lipinski definition) is 4. The molecule has 0 amide bonds. The molecular weight excluding hydrogens is 294 g/mol. The van der Waals surface area contributed by atoms with Gasteiger partial charge in [-0.05, 0) is 18.6 Å². The van der Waals surface area contributed by atoms with Gasteiger partial charge in [-0.1, -0.05) is 36.4 Å². The molecule has 2 heterocycles. The van der Waals surface area contributed by atoms with Gasteiger partial charge in [-0.3, -0.25) is 0 Å². The topological polar surface area (TPSA) is 62.9 Å². The minimum absolute atomic E-state index is 0.0906. The summed E-state index contributed by atoms with van der Waals surface area (Å²) in [4.78, 5) is 13.6.